The molecule has 5 nitrogen and oxygen atoms in total. The molecule has 0 rings (SSSR count). The lowest BCUT2D eigenvalue weighted by Crippen LogP contribution is -2.28. The second kappa shape index (κ2) is 47.9. The average molecular weight is 803 g/mol. The number of unbranched alkanes of at least 4 members (excludes halogenated alkanes) is 15. The van der Waals surface area contributed by atoms with E-state index in [9.17, 15) is 14.7 Å². The first-order valence-electron chi connectivity index (χ1n) is 23.4. The van der Waals surface area contributed by atoms with Crippen molar-refractivity contribution in [1.29, 1.82) is 0 Å². The van der Waals surface area contributed by atoms with E-state index in [4.69, 9.17) is 9.47 Å². The zero-order chi connectivity index (χ0) is 42.1. The van der Waals surface area contributed by atoms with Gasteiger partial charge in [0.05, 0.1) is 6.61 Å². The topological polar surface area (TPSA) is 72.8 Å². The minimum Gasteiger partial charge on any atom is -0.462 e. The molecule has 0 bridgehead atoms. The van der Waals surface area contributed by atoms with Crippen LogP contribution in [-0.4, -0.2) is 36.4 Å². The lowest BCUT2D eigenvalue weighted by atomic mass is 10.1. The smallest absolute Gasteiger partial charge is 0.306 e. The van der Waals surface area contributed by atoms with Gasteiger partial charge >= 0.3 is 11.9 Å². The molecule has 0 aromatic rings. The molecular formula is C53H86O5. The van der Waals surface area contributed by atoms with Gasteiger partial charge in [-0.2, -0.15) is 0 Å². The molecule has 0 aliphatic rings. The first-order valence-corrected chi connectivity index (χ1v) is 23.4. The molecule has 0 spiro atoms. The van der Waals surface area contributed by atoms with Crippen LogP contribution in [-0.2, 0) is 19.1 Å². The Hall–Kier alpha value is -3.44. The number of esters is 2. The summed E-state index contributed by atoms with van der Waals surface area (Å²) in [6, 6.07) is 0. The fourth-order valence-corrected chi connectivity index (χ4v) is 6.10. The highest BCUT2D eigenvalue weighted by Gasteiger charge is 2.16. The van der Waals surface area contributed by atoms with Crippen LogP contribution in [0.5, 0.6) is 0 Å². The van der Waals surface area contributed by atoms with Gasteiger partial charge in [-0.25, -0.2) is 0 Å². The van der Waals surface area contributed by atoms with Crippen molar-refractivity contribution in [3.8, 4) is 0 Å². The van der Waals surface area contributed by atoms with Gasteiger partial charge in [0.15, 0.2) is 6.10 Å². The van der Waals surface area contributed by atoms with Gasteiger partial charge in [-0.15, -0.1) is 0 Å². The summed E-state index contributed by atoms with van der Waals surface area (Å²) in [4.78, 5) is 24.4. The van der Waals surface area contributed by atoms with Crippen molar-refractivity contribution in [2.75, 3.05) is 13.2 Å². The maximum Gasteiger partial charge on any atom is 0.306 e. The lowest BCUT2D eigenvalue weighted by molar-refractivity contribution is -0.161. The molecule has 0 heterocycles. The molecule has 0 radical (unpaired) electrons. The molecule has 0 aromatic carbocycles. The Morgan fingerprint density at radius 3 is 1.03 bits per heavy atom. The summed E-state index contributed by atoms with van der Waals surface area (Å²) >= 11 is 0. The molecule has 5 heteroatoms. The summed E-state index contributed by atoms with van der Waals surface area (Å²) < 4.78 is 10.6. The maximum absolute atomic E-state index is 12.2. The van der Waals surface area contributed by atoms with Gasteiger partial charge in [-0.05, 0) is 96.3 Å². The van der Waals surface area contributed by atoms with Gasteiger partial charge in [0, 0.05) is 12.8 Å². The monoisotopic (exact) mass is 803 g/mol. The molecule has 1 atom stereocenters. The summed E-state index contributed by atoms with van der Waals surface area (Å²) in [5, 5.41) is 9.61. The average Bonchev–Trinajstić information content (AvgIpc) is 3.23. The van der Waals surface area contributed by atoms with Gasteiger partial charge in [0.2, 0.25) is 0 Å². The number of hydrogen-bond donors (Lipinski definition) is 1. The molecule has 0 saturated carbocycles. The van der Waals surface area contributed by atoms with E-state index in [1.165, 1.54) is 57.8 Å². The van der Waals surface area contributed by atoms with Gasteiger partial charge in [0.1, 0.15) is 6.61 Å². The van der Waals surface area contributed by atoms with Crippen molar-refractivity contribution in [1.82, 2.24) is 0 Å². The van der Waals surface area contributed by atoms with Crippen LogP contribution in [0, 0.1) is 0 Å². The Morgan fingerprint density at radius 1 is 0.397 bits per heavy atom. The molecule has 0 fully saturated rings. The molecular weight excluding hydrogens is 717 g/mol. The first-order chi connectivity index (χ1) is 28.6. The minimum absolute atomic E-state index is 0.0817. The Balaban J connectivity index is 3.61. The van der Waals surface area contributed by atoms with E-state index in [0.717, 1.165) is 109 Å². The predicted molar refractivity (Wildman–Crippen MR) is 251 cm³/mol. The van der Waals surface area contributed by atoms with E-state index in [0.29, 0.717) is 12.8 Å². The molecule has 1 unspecified atom stereocenters. The Labute approximate surface area is 357 Å². The fourth-order valence-electron chi connectivity index (χ4n) is 6.10. The summed E-state index contributed by atoms with van der Waals surface area (Å²) in [6.45, 7) is 3.89. The fraction of sp³-hybridized carbons (Fsp3) is 0.623. The van der Waals surface area contributed by atoms with E-state index in [1.807, 2.05) is 0 Å². The van der Waals surface area contributed by atoms with Gasteiger partial charge in [-0.1, -0.05) is 194 Å². The Kier molecular flexibility index (Phi) is 45.1. The molecule has 0 amide bonds. The molecule has 0 aromatic heterocycles. The predicted octanol–water partition coefficient (Wildman–Crippen LogP) is 15.4. The Bertz CT molecular complexity index is 1180. The van der Waals surface area contributed by atoms with Crippen LogP contribution < -0.4 is 0 Å². The molecule has 0 aliphatic heterocycles. The lowest BCUT2D eigenvalue weighted by Gasteiger charge is -2.15. The quantitative estimate of drug-likeness (QED) is 0.0379. The number of carbonyl (C=O) groups excluding carboxylic acids is 2. The van der Waals surface area contributed by atoms with Crippen LogP contribution in [0.1, 0.15) is 194 Å². The number of aliphatic hydroxyl groups is 1. The van der Waals surface area contributed by atoms with Crippen molar-refractivity contribution in [2.24, 2.45) is 0 Å². The number of allylic oxidation sites excluding steroid dienone is 18. The SMILES string of the molecule is CC/C=C\C/C=C\C/C=C\C/C=C\C/C=C\CCCCCCCCCC(=O)OC(CO)COC(=O)CCCCCCCCCC/C=C\C/C=C\C/C=C\C/C=C\CC. The number of rotatable bonds is 41. The highest BCUT2D eigenvalue weighted by Crippen LogP contribution is 2.13. The number of carbonyl (C=O) groups is 2. The number of aliphatic hydroxyl groups excluding tert-OH is 1. The van der Waals surface area contributed by atoms with Crippen molar-refractivity contribution in [2.45, 2.75) is 200 Å². The Morgan fingerprint density at radius 2 is 0.690 bits per heavy atom. The maximum atomic E-state index is 12.2. The first kappa shape index (κ1) is 54.6. The van der Waals surface area contributed by atoms with Crippen LogP contribution >= 0.6 is 0 Å². The second-order valence-corrected chi connectivity index (χ2v) is 15.1. The molecule has 58 heavy (non-hydrogen) atoms. The van der Waals surface area contributed by atoms with Gasteiger partial charge < -0.3 is 14.6 Å². The van der Waals surface area contributed by atoms with Crippen LogP contribution in [0.4, 0.5) is 0 Å². The van der Waals surface area contributed by atoms with E-state index >= 15 is 0 Å². The van der Waals surface area contributed by atoms with Crippen molar-refractivity contribution in [3.05, 3.63) is 109 Å². The van der Waals surface area contributed by atoms with Gasteiger partial charge in [-0.3, -0.25) is 9.59 Å². The molecule has 1 N–H and O–H groups in total. The minimum atomic E-state index is -0.790. The third-order valence-corrected chi connectivity index (χ3v) is 9.56. The summed E-state index contributed by atoms with van der Waals surface area (Å²) in [6.07, 6.45) is 68.7. The van der Waals surface area contributed by atoms with Crippen LogP contribution in [0.2, 0.25) is 0 Å². The van der Waals surface area contributed by atoms with Crippen LogP contribution in [0.3, 0.4) is 0 Å². The molecule has 0 aliphatic carbocycles. The normalized spacial score (nSPS) is 13.2. The third kappa shape index (κ3) is 45.3. The van der Waals surface area contributed by atoms with Crippen LogP contribution in [0.25, 0.3) is 0 Å². The number of hydrogen-bond acceptors (Lipinski definition) is 5. The van der Waals surface area contributed by atoms with E-state index in [-0.39, 0.29) is 25.2 Å². The zero-order valence-electron chi connectivity index (χ0n) is 37.3. The second-order valence-electron chi connectivity index (χ2n) is 15.1. The van der Waals surface area contributed by atoms with Crippen LogP contribution in [0.15, 0.2) is 109 Å². The van der Waals surface area contributed by atoms with Crippen molar-refractivity contribution in [3.63, 3.8) is 0 Å². The van der Waals surface area contributed by atoms with Crippen molar-refractivity contribution < 1.29 is 24.2 Å². The van der Waals surface area contributed by atoms with Gasteiger partial charge in [0.25, 0.3) is 0 Å². The largest absolute Gasteiger partial charge is 0.462 e. The highest BCUT2D eigenvalue weighted by atomic mass is 16.6. The molecule has 0 saturated heterocycles. The number of ether oxygens (including phenoxy) is 2. The van der Waals surface area contributed by atoms with E-state index in [1.54, 1.807) is 0 Å². The standard InChI is InChI=1S/C53H86O5/c1-3-5-7-9-11-13-15-17-19-21-23-25-26-28-30-32-34-36-38-40-42-44-46-48-53(56)58-51(49-54)50-57-52(55)47-45-43-41-39-37-35-33-31-29-27-24-22-20-18-16-14-12-10-8-6-4-2/h5-8,11-14,17-20,23-25,27-28,30,51,54H,3-4,9-10,15-16,21-22,26,29,31-50H2,1-2H3/b7-5-,8-6-,13-11-,14-12-,19-17-,20-18-,25-23-,27-24-,30-28-. The van der Waals surface area contributed by atoms with Crippen molar-refractivity contribution >= 4 is 11.9 Å². The van der Waals surface area contributed by atoms with E-state index < -0.39 is 6.10 Å². The zero-order valence-corrected chi connectivity index (χ0v) is 37.3. The van der Waals surface area contributed by atoms with E-state index in [2.05, 4.69) is 123 Å². The highest BCUT2D eigenvalue weighted by molar-refractivity contribution is 5.70. The third-order valence-electron chi connectivity index (χ3n) is 9.56. The summed E-state index contributed by atoms with van der Waals surface area (Å²) in [5.74, 6) is -0.620. The summed E-state index contributed by atoms with van der Waals surface area (Å²) in [7, 11) is 0. The molecule has 328 valence electrons. The summed E-state index contributed by atoms with van der Waals surface area (Å²) in [5.41, 5.74) is 0.